The zero-order valence-corrected chi connectivity index (χ0v) is 12.4. The van der Waals surface area contributed by atoms with Gasteiger partial charge in [-0.25, -0.2) is 4.39 Å². The second-order valence-corrected chi connectivity index (χ2v) is 4.45. The molecule has 0 spiro atoms. The molecular formula is C14H17F4NO4. The van der Waals surface area contributed by atoms with E-state index in [2.05, 4.69) is 10.1 Å². The summed E-state index contributed by atoms with van der Waals surface area (Å²) in [6.07, 6.45) is -4.74. The Labute approximate surface area is 130 Å². The van der Waals surface area contributed by atoms with Gasteiger partial charge in [-0.2, -0.15) is 13.2 Å². The lowest BCUT2D eigenvalue weighted by Gasteiger charge is -2.13. The molecule has 0 fully saturated rings. The van der Waals surface area contributed by atoms with Gasteiger partial charge in [0.15, 0.2) is 0 Å². The maximum absolute atomic E-state index is 13.2. The van der Waals surface area contributed by atoms with E-state index in [4.69, 9.17) is 9.47 Å². The number of carbonyl (C=O) groups is 1. The second-order valence-electron chi connectivity index (χ2n) is 4.45. The normalized spacial score (nSPS) is 11.3. The minimum absolute atomic E-state index is 0.0851. The van der Waals surface area contributed by atoms with Gasteiger partial charge in [0.2, 0.25) is 5.91 Å². The van der Waals surface area contributed by atoms with E-state index in [-0.39, 0.29) is 24.5 Å². The molecule has 130 valence electrons. The molecule has 9 heteroatoms. The Morgan fingerprint density at radius 2 is 1.96 bits per heavy atom. The summed E-state index contributed by atoms with van der Waals surface area (Å²) in [6, 6.07) is 3.54. The molecule has 0 aliphatic rings. The third-order valence-electron chi connectivity index (χ3n) is 2.50. The van der Waals surface area contributed by atoms with Crippen LogP contribution in [0.5, 0.6) is 5.75 Å². The Morgan fingerprint density at radius 3 is 2.61 bits per heavy atom. The molecule has 5 nitrogen and oxygen atoms in total. The van der Waals surface area contributed by atoms with Crippen LogP contribution in [0.1, 0.15) is 6.42 Å². The number of ether oxygens (including phenoxy) is 3. The first-order valence-electron chi connectivity index (χ1n) is 6.67. The summed E-state index contributed by atoms with van der Waals surface area (Å²) < 4.78 is 63.3. The quantitative estimate of drug-likeness (QED) is 0.555. The maximum Gasteiger partial charge on any atom is 0.411 e. The number of methoxy groups -OCH3 is 1. The number of halogens is 4. The standard InChI is InChI=1S/C14H17F4NO4/c1-21-6-7-23-12-3-2-10(15)8-11(12)19-13(20)4-5-22-9-14(16,17)18/h2-3,8H,4-7,9H2,1H3,(H,19,20). The average Bonchev–Trinajstić information content (AvgIpc) is 2.45. The summed E-state index contributed by atoms with van der Waals surface area (Å²) >= 11 is 0. The molecular weight excluding hydrogens is 322 g/mol. The number of nitrogens with one attached hydrogen (secondary N) is 1. The molecule has 0 saturated carbocycles. The third-order valence-corrected chi connectivity index (χ3v) is 2.50. The molecule has 0 bridgehead atoms. The van der Waals surface area contributed by atoms with Crippen molar-refractivity contribution < 1.29 is 36.6 Å². The first-order chi connectivity index (χ1) is 10.8. The lowest BCUT2D eigenvalue weighted by Crippen LogP contribution is -2.20. The lowest BCUT2D eigenvalue weighted by atomic mass is 10.2. The predicted molar refractivity (Wildman–Crippen MR) is 73.9 cm³/mol. The zero-order chi connectivity index (χ0) is 17.3. The molecule has 0 atom stereocenters. The molecule has 0 unspecified atom stereocenters. The van der Waals surface area contributed by atoms with Crippen LogP contribution >= 0.6 is 0 Å². The molecule has 0 aliphatic carbocycles. The van der Waals surface area contributed by atoms with Gasteiger partial charge in [0.25, 0.3) is 0 Å². The largest absolute Gasteiger partial charge is 0.489 e. The smallest absolute Gasteiger partial charge is 0.411 e. The highest BCUT2D eigenvalue weighted by molar-refractivity contribution is 5.92. The fourth-order valence-corrected chi connectivity index (χ4v) is 1.53. The van der Waals surface area contributed by atoms with Gasteiger partial charge in [-0.05, 0) is 12.1 Å². The van der Waals surface area contributed by atoms with E-state index in [1.165, 1.54) is 13.2 Å². The number of rotatable bonds is 9. The number of amides is 1. The molecule has 0 aliphatic heterocycles. The topological polar surface area (TPSA) is 56.8 Å². The van der Waals surface area contributed by atoms with E-state index < -0.39 is 31.1 Å². The number of benzene rings is 1. The van der Waals surface area contributed by atoms with Crippen molar-refractivity contribution in [2.75, 3.05) is 38.9 Å². The summed E-state index contributed by atoms with van der Waals surface area (Å²) in [7, 11) is 1.48. The van der Waals surface area contributed by atoms with E-state index in [0.717, 1.165) is 12.1 Å². The maximum atomic E-state index is 13.2. The van der Waals surface area contributed by atoms with Crippen molar-refractivity contribution in [1.29, 1.82) is 0 Å². The van der Waals surface area contributed by atoms with E-state index in [1.807, 2.05) is 0 Å². The predicted octanol–water partition coefficient (Wildman–Crippen LogP) is 2.76. The highest BCUT2D eigenvalue weighted by atomic mass is 19.4. The molecule has 1 rings (SSSR count). The number of hydrogen-bond acceptors (Lipinski definition) is 4. The number of hydrogen-bond donors (Lipinski definition) is 1. The van der Waals surface area contributed by atoms with Gasteiger partial charge in [0, 0.05) is 13.2 Å². The van der Waals surface area contributed by atoms with Crippen molar-refractivity contribution in [3.63, 3.8) is 0 Å². The first kappa shape index (κ1) is 19.2. The first-order valence-corrected chi connectivity index (χ1v) is 6.67. The van der Waals surface area contributed by atoms with Crippen LogP contribution in [-0.4, -0.2) is 45.6 Å². The highest BCUT2D eigenvalue weighted by Gasteiger charge is 2.27. The van der Waals surface area contributed by atoms with Gasteiger partial charge in [0.1, 0.15) is 24.8 Å². The van der Waals surface area contributed by atoms with Crippen LogP contribution in [0.15, 0.2) is 18.2 Å². The van der Waals surface area contributed by atoms with E-state index in [9.17, 15) is 22.4 Å². The molecule has 0 radical (unpaired) electrons. The highest BCUT2D eigenvalue weighted by Crippen LogP contribution is 2.25. The molecule has 1 aromatic rings. The summed E-state index contributed by atoms with van der Waals surface area (Å²) in [4.78, 5) is 11.7. The van der Waals surface area contributed by atoms with E-state index in [1.54, 1.807) is 0 Å². The molecule has 0 saturated heterocycles. The monoisotopic (exact) mass is 339 g/mol. The Kier molecular flexibility index (Phi) is 7.76. The summed E-state index contributed by atoms with van der Waals surface area (Å²) in [5, 5.41) is 2.37. The van der Waals surface area contributed by atoms with Gasteiger partial charge in [-0.1, -0.05) is 0 Å². The Morgan fingerprint density at radius 1 is 1.22 bits per heavy atom. The molecule has 1 amide bonds. The number of alkyl halides is 3. The number of anilines is 1. The summed E-state index contributed by atoms with van der Waals surface area (Å²) in [6.45, 7) is -1.33. The Balaban J connectivity index is 2.50. The molecule has 0 aromatic heterocycles. The summed E-state index contributed by atoms with van der Waals surface area (Å²) in [5.74, 6) is -0.977. The number of carbonyl (C=O) groups excluding carboxylic acids is 1. The minimum Gasteiger partial charge on any atom is -0.489 e. The van der Waals surface area contributed by atoms with E-state index >= 15 is 0 Å². The van der Waals surface area contributed by atoms with Crippen LogP contribution in [0.25, 0.3) is 0 Å². The molecule has 1 aromatic carbocycles. The minimum atomic E-state index is -4.44. The van der Waals surface area contributed by atoms with Gasteiger partial charge >= 0.3 is 6.18 Å². The van der Waals surface area contributed by atoms with Gasteiger partial charge in [-0.3, -0.25) is 4.79 Å². The molecule has 1 N–H and O–H groups in total. The fourth-order valence-electron chi connectivity index (χ4n) is 1.53. The molecule has 0 heterocycles. The Bertz CT molecular complexity index is 508. The van der Waals surface area contributed by atoms with Crippen molar-refractivity contribution >= 4 is 11.6 Å². The van der Waals surface area contributed by atoms with Gasteiger partial charge in [0.05, 0.1) is 25.3 Å². The second kappa shape index (κ2) is 9.31. The molecule has 23 heavy (non-hydrogen) atoms. The zero-order valence-electron chi connectivity index (χ0n) is 12.4. The van der Waals surface area contributed by atoms with Crippen LogP contribution in [0.4, 0.5) is 23.2 Å². The Hall–Kier alpha value is -1.87. The van der Waals surface area contributed by atoms with Crippen molar-refractivity contribution in [3.8, 4) is 5.75 Å². The SMILES string of the molecule is COCCOc1ccc(F)cc1NC(=O)CCOCC(F)(F)F. The van der Waals surface area contributed by atoms with Crippen LogP contribution < -0.4 is 10.1 Å². The van der Waals surface area contributed by atoms with Crippen LogP contribution in [-0.2, 0) is 14.3 Å². The van der Waals surface area contributed by atoms with Crippen molar-refractivity contribution in [2.45, 2.75) is 12.6 Å². The van der Waals surface area contributed by atoms with Crippen molar-refractivity contribution in [1.82, 2.24) is 0 Å². The van der Waals surface area contributed by atoms with Crippen molar-refractivity contribution in [2.24, 2.45) is 0 Å². The van der Waals surface area contributed by atoms with Gasteiger partial charge < -0.3 is 19.5 Å². The third kappa shape index (κ3) is 8.36. The average molecular weight is 339 g/mol. The lowest BCUT2D eigenvalue weighted by molar-refractivity contribution is -0.174. The van der Waals surface area contributed by atoms with Crippen LogP contribution in [0.2, 0.25) is 0 Å². The van der Waals surface area contributed by atoms with Crippen molar-refractivity contribution in [3.05, 3.63) is 24.0 Å². The summed E-state index contributed by atoms with van der Waals surface area (Å²) in [5.41, 5.74) is 0.0851. The van der Waals surface area contributed by atoms with E-state index in [0.29, 0.717) is 6.61 Å². The van der Waals surface area contributed by atoms with Crippen LogP contribution in [0.3, 0.4) is 0 Å². The fraction of sp³-hybridized carbons (Fsp3) is 0.500. The van der Waals surface area contributed by atoms with Crippen LogP contribution in [0, 0.1) is 5.82 Å². The van der Waals surface area contributed by atoms with Gasteiger partial charge in [-0.15, -0.1) is 0 Å².